The Kier molecular flexibility index (Phi) is 4.67. The Morgan fingerprint density at radius 1 is 1.29 bits per heavy atom. The minimum Gasteiger partial charge on any atom is -0.311 e. The average molecular weight is 308 g/mol. The van der Waals surface area contributed by atoms with E-state index in [-0.39, 0.29) is 0 Å². The van der Waals surface area contributed by atoms with Gasteiger partial charge in [0.05, 0.1) is 16.7 Å². The maximum Gasteiger partial charge on any atom is 0.0900 e. The van der Waals surface area contributed by atoms with Crippen LogP contribution in [0.4, 0.5) is 0 Å². The van der Waals surface area contributed by atoms with Crippen LogP contribution in [0.5, 0.6) is 0 Å². The first-order chi connectivity index (χ1) is 10.1. The zero-order chi connectivity index (χ0) is 15.0. The van der Waals surface area contributed by atoms with E-state index in [0.29, 0.717) is 6.04 Å². The molecular weight excluding hydrogens is 278 g/mol. The summed E-state index contributed by atoms with van der Waals surface area (Å²) in [5.74, 6) is 0. The van der Waals surface area contributed by atoms with E-state index in [1.54, 1.807) is 0 Å². The predicted octanol–water partition coefficient (Wildman–Crippen LogP) is 3.82. The van der Waals surface area contributed by atoms with Gasteiger partial charge >= 0.3 is 0 Å². The van der Waals surface area contributed by atoms with Crippen molar-refractivity contribution >= 4 is 11.3 Å². The topological polar surface area (TPSA) is 28.2 Å². The monoisotopic (exact) mass is 307 g/mol. The number of thiazole rings is 1. The first kappa shape index (κ1) is 15.4. The Labute approximate surface area is 133 Å². The van der Waals surface area contributed by atoms with Crippen LogP contribution in [0.2, 0.25) is 0 Å². The van der Waals surface area contributed by atoms with Crippen molar-refractivity contribution in [2.75, 3.05) is 6.54 Å². The highest BCUT2D eigenvalue weighted by Crippen LogP contribution is 2.35. The first-order valence-corrected chi connectivity index (χ1v) is 9.35. The van der Waals surface area contributed by atoms with Crippen LogP contribution in [0.25, 0.3) is 0 Å². The van der Waals surface area contributed by atoms with Gasteiger partial charge < -0.3 is 5.32 Å². The van der Waals surface area contributed by atoms with Crippen molar-refractivity contribution < 1.29 is 0 Å². The van der Waals surface area contributed by atoms with Gasteiger partial charge in [-0.15, -0.1) is 11.3 Å². The van der Waals surface area contributed by atoms with E-state index in [0.717, 1.165) is 18.1 Å². The molecule has 4 heteroatoms. The fraction of sp³-hybridized carbons (Fsp3) is 0.824. The van der Waals surface area contributed by atoms with Gasteiger partial charge in [-0.05, 0) is 59.4 Å². The normalized spacial score (nSPS) is 30.0. The van der Waals surface area contributed by atoms with Crippen molar-refractivity contribution in [3.05, 3.63) is 15.6 Å². The van der Waals surface area contributed by atoms with Crippen LogP contribution in [-0.4, -0.2) is 34.6 Å². The number of rotatable bonds is 5. The van der Waals surface area contributed by atoms with Crippen molar-refractivity contribution in [3.63, 3.8) is 0 Å². The summed E-state index contributed by atoms with van der Waals surface area (Å²) in [6.07, 6.45) is 6.63. The van der Waals surface area contributed by atoms with Crippen LogP contribution in [0.1, 0.15) is 67.6 Å². The number of nitrogens with zero attached hydrogens (tertiary/aromatic N) is 2. The van der Waals surface area contributed by atoms with Gasteiger partial charge in [-0.2, -0.15) is 0 Å². The summed E-state index contributed by atoms with van der Waals surface area (Å²) in [4.78, 5) is 8.97. The number of hydrogen-bond donors (Lipinski definition) is 1. The predicted molar refractivity (Wildman–Crippen MR) is 90.0 cm³/mol. The number of nitrogens with one attached hydrogen (secondary N) is 1. The third-order valence-electron chi connectivity index (χ3n) is 5.23. The Bertz CT molecular complexity index is 472. The lowest BCUT2D eigenvalue weighted by atomic mass is 9.96. The summed E-state index contributed by atoms with van der Waals surface area (Å²) in [5.41, 5.74) is 1.32. The van der Waals surface area contributed by atoms with E-state index in [4.69, 9.17) is 4.98 Å². The van der Waals surface area contributed by atoms with Crippen molar-refractivity contribution in [1.82, 2.24) is 15.2 Å². The van der Waals surface area contributed by atoms with Crippen LogP contribution >= 0.6 is 11.3 Å². The lowest BCUT2D eigenvalue weighted by Gasteiger charge is -2.40. The van der Waals surface area contributed by atoms with Gasteiger partial charge in [0.2, 0.25) is 0 Å². The molecule has 0 spiro atoms. The van der Waals surface area contributed by atoms with Crippen LogP contribution in [0.3, 0.4) is 0 Å². The van der Waals surface area contributed by atoms with Crippen molar-refractivity contribution in [2.45, 2.75) is 84.0 Å². The summed E-state index contributed by atoms with van der Waals surface area (Å²) in [7, 11) is 0. The standard InChI is InChI=1S/C17H29N3S/c1-5-8-20(11(2)17-12(3)21-13(4)18-17)16-9-14-6-7-15(10-16)19-14/h11,14-16,19H,5-10H2,1-4H3. The zero-order valence-electron chi connectivity index (χ0n) is 13.9. The number of piperidine rings is 1. The van der Waals surface area contributed by atoms with E-state index < -0.39 is 0 Å². The lowest BCUT2D eigenvalue weighted by Crippen LogP contribution is -2.49. The smallest absolute Gasteiger partial charge is 0.0900 e. The van der Waals surface area contributed by atoms with Gasteiger partial charge in [0, 0.05) is 23.0 Å². The number of aromatic nitrogens is 1. The largest absolute Gasteiger partial charge is 0.311 e. The number of fused-ring (bicyclic) bond motifs is 2. The van der Waals surface area contributed by atoms with Gasteiger partial charge in [0.1, 0.15) is 0 Å². The van der Waals surface area contributed by atoms with Gasteiger partial charge in [-0.1, -0.05) is 6.92 Å². The molecular formula is C17H29N3S. The summed E-state index contributed by atoms with van der Waals surface area (Å²) in [6.45, 7) is 10.2. The molecule has 3 nitrogen and oxygen atoms in total. The summed E-state index contributed by atoms with van der Waals surface area (Å²) >= 11 is 1.84. The SMILES string of the molecule is CCCN(C1CC2CCC(C1)N2)C(C)c1nc(C)sc1C. The third kappa shape index (κ3) is 3.17. The maximum atomic E-state index is 4.82. The second-order valence-electron chi connectivity index (χ2n) is 6.85. The molecule has 2 aliphatic heterocycles. The molecule has 3 unspecified atom stereocenters. The first-order valence-electron chi connectivity index (χ1n) is 8.54. The van der Waals surface area contributed by atoms with Gasteiger partial charge in [-0.25, -0.2) is 4.98 Å². The fourth-order valence-corrected chi connectivity index (χ4v) is 5.25. The molecule has 3 rings (SSSR count). The summed E-state index contributed by atoms with van der Waals surface area (Å²) in [6, 6.07) is 2.72. The summed E-state index contributed by atoms with van der Waals surface area (Å²) < 4.78 is 0. The van der Waals surface area contributed by atoms with Crippen molar-refractivity contribution in [1.29, 1.82) is 0 Å². The van der Waals surface area contributed by atoms with Crippen molar-refractivity contribution in [3.8, 4) is 0 Å². The molecule has 1 aromatic heterocycles. The average Bonchev–Trinajstić information content (AvgIpc) is 2.97. The highest BCUT2D eigenvalue weighted by Gasteiger charge is 2.37. The number of aryl methyl sites for hydroxylation is 2. The lowest BCUT2D eigenvalue weighted by molar-refractivity contribution is 0.0991. The minimum atomic E-state index is 0.456. The zero-order valence-corrected chi connectivity index (χ0v) is 14.7. The molecule has 1 aromatic rings. The second-order valence-corrected chi connectivity index (χ2v) is 8.26. The molecule has 0 saturated carbocycles. The van der Waals surface area contributed by atoms with Gasteiger partial charge in [-0.3, -0.25) is 4.90 Å². The molecule has 0 radical (unpaired) electrons. The van der Waals surface area contributed by atoms with Crippen molar-refractivity contribution in [2.24, 2.45) is 0 Å². The summed E-state index contributed by atoms with van der Waals surface area (Å²) in [5, 5.41) is 4.98. The number of hydrogen-bond acceptors (Lipinski definition) is 4. The molecule has 3 atom stereocenters. The van der Waals surface area contributed by atoms with Gasteiger partial charge in [0.15, 0.2) is 0 Å². The molecule has 2 bridgehead atoms. The Hall–Kier alpha value is -0.450. The Morgan fingerprint density at radius 2 is 1.95 bits per heavy atom. The van der Waals surface area contributed by atoms with E-state index >= 15 is 0 Å². The van der Waals surface area contributed by atoms with E-state index in [9.17, 15) is 0 Å². The van der Waals surface area contributed by atoms with Gasteiger partial charge in [0.25, 0.3) is 0 Å². The van der Waals surface area contributed by atoms with E-state index in [1.165, 1.54) is 54.2 Å². The highest BCUT2D eigenvalue weighted by atomic mass is 32.1. The molecule has 21 heavy (non-hydrogen) atoms. The third-order valence-corrected chi connectivity index (χ3v) is 6.13. The van der Waals surface area contributed by atoms with Crippen LogP contribution in [-0.2, 0) is 0 Å². The quantitative estimate of drug-likeness (QED) is 0.896. The van der Waals surface area contributed by atoms with Crippen LogP contribution < -0.4 is 5.32 Å². The molecule has 2 saturated heterocycles. The Balaban J connectivity index is 1.78. The molecule has 1 N–H and O–H groups in total. The molecule has 0 aromatic carbocycles. The minimum absolute atomic E-state index is 0.456. The molecule has 3 heterocycles. The molecule has 2 fully saturated rings. The fourth-order valence-electron chi connectivity index (χ4n) is 4.34. The highest BCUT2D eigenvalue weighted by molar-refractivity contribution is 7.11. The van der Waals surface area contributed by atoms with E-state index in [1.807, 2.05) is 11.3 Å². The van der Waals surface area contributed by atoms with Crippen LogP contribution in [0, 0.1) is 13.8 Å². The maximum absolute atomic E-state index is 4.82. The molecule has 2 aliphatic rings. The van der Waals surface area contributed by atoms with E-state index in [2.05, 4.69) is 37.9 Å². The molecule has 0 aliphatic carbocycles. The second kappa shape index (κ2) is 6.35. The molecule has 118 valence electrons. The molecule has 0 amide bonds. The Morgan fingerprint density at radius 3 is 2.48 bits per heavy atom. The van der Waals surface area contributed by atoms with Crippen LogP contribution in [0.15, 0.2) is 0 Å².